The van der Waals surface area contributed by atoms with Crippen LogP contribution in [0.25, 0.3) is 16.8 Å². The molecule has 0 spiro atoms. The highest BCUT2D eigenvalue weighted by Gasteiger charge is 2.14. The van der Waals surface area contributed by atoms with Crippen molar-refractivity contribution in [1.29, 1.82) is 5.26 Å². The van der Waals surface area contributed by atoms with E-state index in [1.54, 1.807) is 42.5 Å². The molecule has 0 saturated carbocycles. The average molecular weight is 508 g/mol. The van der Waals surface area contributed by atoms with Crippen LogP contribution in [0.2, 0.25) is 15.1 Å². The van der Waals surface area contributed by atoms with Gasteiger partial charge in [0.1, 0.15) is 24.0 Å². The number of anilines is 1. The van der Waals surface area contributed by atoms with Crippen LogP contribution < -0.4 is 10.1 Å². The van der Waals surface area contributed by atoms with Gasteiger partial charge in [-0.2, -0.15) is 5.26 Å². The Kier molecular flexibility index (Phi) is 7.40. The van der Waals surface area contributed by atoms with Crippen LogP contribution in [0.5, 0.6) is 5.75 Å². The number of carbonyl (C=O) groups is 1. The fraction of sp³-hybridized carbons (Fsp3) is 0.0370. The number of hydrogen-bond donors (Lipinski definition) is 1. The zero-order chi connectivity index (χ0) is 24.1. The van der Waals surface area contributed by atoms with Crippen LogP contribution in [0.3, 0.4) is 0 Å². The summed E-state index contributed by atoms with van der Waals surface area (Å²) in [5, 5.41) is 15.8. The second kappa shape index (κ2) is 10.6. The summed E-state index contributed by atoms with van der Waals surface area (Å²) in [7, 11) is 0. The average Bonchev–Trinajstić information content (AvgIpc) is 2.83. The third kappa shape index (κ3) is 5.52. The van der Waals surface area contributed by atoms with Gasteiger partial charge in [0.2, 0.25) is 0 Å². The number of rotatable bonds is 6. The number of benzene rings is 4. The molecule has 0 aromatic heterocycles. The first kappa shape index (κ1) is 23.7. The molecule has 7 heteroatoms. The molecule has 4 nitrogen and oxygen atoms in total. The molecule has 1 N–H and O–H groups in total. The number of halogens is 3. The summed E-state index contributed by atoms with van der Waals surface area (Å²) < 4.78 is 6.08. The fourth-order valence-electron chi connectivity index (χ4n) is 3.37. The normalized spacial score (nSPS) is 11.2. The number of ether oxygens (including phenoxy) is 1. The van der Waals surface area contributed by atoms with E-state index >= 15 is 0 Å². The van der Waals surface area contributed by atoms with Crippen molar-refractivity contribution < 1.29 is 9.53 Å². The van der Waals surface area contributed by atoms with Crippen molar-refractivity contribution in [3.05, 3.63) is 111 Å². The van der Waals surface area contributed by atoms with Crippen molar-refractivity contribution in [2.24, 2.45) is 0 Å². The molecule has 34 heavy (non-hydrogen) atoms. The van der Waals surface area contributed by atoms with Crippen LogP contribution in [0.1, 0.15) is 11.1 Å². The van der Waals surface area contributed by atoms with E-state index in [-0.39, 0.29) is 12.2 Å². The lowest BCUT2D eigenvalue weighted by Gasteiger charge is -2.14. The molecule has 0 heterocycles. The van der Waals surface area contributed by atoms with Crippen molar-refractivity contribution in [1.82, 2.24) is 0 Å². The van der Waals surface area contributed by atoms with Crippen LogP contribution in [0, 0.1) is 11.3 Å². The van der Waals surface area contributed by atoms with Gasteiger partial charge in [0.05, 0.1) is 0 Å². The van der Waals surface area contributed by atoms with E-state index < -0.39 is 5.91 Å². The number of nitrogens with one attached hydrogen (secondary N) is 1. The Bertz CT molecular complexity index is 1440. The van der Waals surface area contributed by atoms with Crippen LogP contribution in [0.4, 0.5) is 5.69 Å². The Morgan fingerprint density at radius 1 is 0.941 bits per heavy atom. The molecular formula is C27H17Cl3N2O2. The molecule has 4 aromatic rings. The SMILES string of the molecule is N#C/C(=C/c1c(OCc2ccc(Cl)cc2Cl)ccc2ccccc12)C(=O)Nc1ccc(Cl)cc1. The Morgan fingerprint density at radius 3 is 2.41 bits per heavy atom. The first-order valence-corrected chi connectivity index (χ1v) is 11.3. The summed E-state index contributed by atoms with van der Waals surface area (Å²) >= 11 is 18.2. The van der Waals surface area contributed by atoms with Crippen LogP contribution in [-0.4, -0.2) is 5.91 Å². The standard InChI is InChI=1S/C27H17Cl3N2O2/c28-20-8-10-22(11-9-20)32-27(33)19(15-31)13-24-23-4-2-1-3-17(23)6-12-26(24)34-16-18-5-7-21(29)14-25(18)30/h1-14H,16H2,(H,32,33)/b19-13-. The number of amides is 1. The number of hydrogen-bond acceptors (Lipinski definition) is 3. The van der Waals surface area contributed by atoms with Gasteiger partial charge in [0, 0.05) is 31.9 Å². The summed E-state index contributed by atoms with van der Waals surface area (Å²) in [6, 6.07) is 25.2. The van der Waals surface area contributed by atoms with Gasteiger partial charge < -0.3 is 10.1 Å². The van der Waals surface area contributed by atoms with Gasteiger partial charge in [-0.15, -0.1) is 0 Å². The molecular weight excluding hydrogens is 491 g/mol. The molecule has 0 aliphatic rings. The lowest BCUT2D eigenvalue weighted by molar-refractivity contribution is -0.112. The molecule has 0 saturated heterocycles. The topological polar surface area (TPSA) is 62.1 Å². The van der Waals surface area contributed by atoms with Crippen LogP contribution in [0.15, 0.2) is 84.4 Å². The van der Waals surface area contributed by atoms with Crippen molar-refractivity contribution in [3.8, 4) is 11.8 Å². The molecule has 0 fully saturated rings. The predicted molar refractivity (Wildman–Crippen MR) is 138 cm³/mol. The number of fused-ring (bicyclic) bond motifs is 1. The Balaban J connectivity index is 1.70. The van der Waals surface area contributed by atoms with Gasteiger partial charge in [0.15, 0.2) is 0 Å². The second-order valence-electron chi connectivity index (χ2n) is 7.35. The minimum absolute atomic E-state index is 0.0688. The zero-order valence-electron chi connectivity index (χ0n) is 17.7. The van der Waals surface area contributed by atoms with E-state index in [1.165, 1.54) is 6.08 Å². The highest BCUT2D eigenvalue weighted by atomic mass is 35.5. The fourth-order valence-corrected chi connectivity index (χ4v) is 3.96. The van der Waals surface area contributed by atoms with Gasteiger partial charge in [-0.1, -0.05) is 71.2 Å². The molecule has 168 valence electrons. The summed E-state index contributed by atoms with van der Waals surface area (Å²) in [6.07, 6.45) is 1.53. The molecule has 1 amide bonds. The van der Waals surface area contributed by atoms with E-state index in [0.29, 0.717) is 32.1 Å². The third-order valence-electron chi connectivity index (χ3n) is 5.08. The van der Waals surface area contributed by atoms with E-state index in [1.807, 2.05) is 42.5 Å². The maximum absolute atomic E-state index is 12.8. The Labute approximate surface area is 211 Å². The number of carbonyl (C=O) groups excluding carboxylic acids is 1. The Morgan fingerprint density at radius 2 is 1.68 bits per heavy atom. The molecule has 0 radical (unpaired) electrons. The lowest BCUT2D eigenvalue weighted by atomic mass is 10.0. The smallest absolute Gasteiger partial charge is 0.266 e. The summed E-state index contributed by atoms with van der Waals surface area (Å²) in [4.78, 5) is 12.8. The molecule has 0 aliphatic heterocycles. The van der Waals surface area contributed by atoms with Crippen molar-refractivity contribution in [2.75, 3.05) is 5.32 Å². The zero-order valence-corrected chi connectivity index (χ0v) is 20.0. The lowest BCUT2D eigenvalue weighted by Crippen LogP contribution is -2.13. The minimum atomic E-state index is -0.538. The van der Waals surface area contributed by atoms with E-state index in [2.05, 4.69) is 5.32 Å². The summed E-state index contributed by atoms with van der Waals surface area (Å²) in [5.74, 6) is -0.0267. The summed E-state index contributed by atoms with van der Waals surface area (Å²) in [6.45, 7) is 0.189. The predicted octanol–water partition coefficient (Wildman–Crippen LogP) is 7.92. The quantitative estimate of drug-likeness (QED) is 0.213. The largest absolute Gasteiger partial charge is 0.488 e. The maximum Gasteiger partial charge on any atom is 0.266 e. The van der Waals surface area contributed by atoms with Gasteiger partial charge in [-0.3, -0.25) is 4.79 Å². The molecule has 0 unspecified atom stereocenters. The number of nitrogens with zero attached hydrogens (tertiary/aromatic N) is 1. The molecule has 0 bridgehead atoms. The van der Waals surface area contributed by atoms with E-state index in [9.17, 15) is 10.1 Å². The van der Waals surface area contributed by atoms with Crippen LogP contribution >= 0.6 is 34.8 Å². The molecule has 4 aromatic carbocycles. The van der Waals surface area contributed by atoms with Gasteiger partial charge >= 0.3 is 0 Å². The van der Waals surface area contributed by atoms with Crippen LogP contribution in [-0.2, 0) is 11.4 Å². The van der Waals surface area contributed by atoms with E-state index in [0.717, 1.165) is 16.3 Å². The third-order valence-corrected chi connectivity index (χ3v) is 5.92. The summed E-state index contributed by atoms with van der Waals surface area (Å²) in [5.41, 5.74) is 1.84. The minimum Gasteiger partial charge on any atom is -0.488 e. The van der Waals surface area contributed by atoms with Crippen molar-refractivity contribution in [3.63, 3.8) is 0 Å². The molecule has 0 atom stereocenters. The maximum atomic E-state index is 12.8. The first-order chi connectivity index (χ1) is 16.4. The monoisotopic (exact) mass is 506 g/mol. The number of nitriles is 1. The highest BCUT2D eigenvalue weighted by Crippen LogP contribution is 2.32. The van der Waals surface area contributed by atoms with Gasteiger partial charge in [0.25, 0.3) is 5.91 Å². The Hall–Kier alpha value is -3.49. The second-order valence-corrected chi connectivity index (χ2v) is 8.63. The van der Waals surface area contributed by atoms with Crippen molar-refractivity contribution in [2.45, 2.75) is 6.61 Å². The molecule has 4 rings (SSSR count). The van der Waals surface area contributed by atoms with E-state index in [4.69, 9.17) is 39.5 Å². The highest BCUT2D eigenvalue weighted by molar-refractivity contribution is 6.35. The van der Waals surface area contributed by atoms with Crippen molar-refractivity contribution >= 4 is 63.2 Å². The van der Waals surface area contributed by atoms with Gasteiger partial charge in [-0.25, -0.2) is 0 Å². The first-order valence-electron chi connectivity index (χ1n) is 10.2. The molecule has 0 aliphatic carbocycles. The van der Waals surface area contributed by atoms with Gasteiger partial charge in [-0.05, 0) is 59.3 Å².